The predicted molar refractivity (Wildman–Crippen MR) is 131 cm³/mol. The van der Waals surface area contributed by atoms with Crippen molar-refractivity contribution in [3.63, 3.8) is 0 Å². The van der Waals surface area contributed by atoms with Crippen LogP contribution < -0.4 is 15.5 Å². The average molecular weight is 530 g/mol. The van der Waals surface area contributed by atoms with Crippen LogP contribution in [0.25, 0.3) is 11.4 Å². The van der Waals surface area contributed by atoms with Gasteiger partial charge in [-0.15, -0.1) is 0 Å². The lowest BCUT2D eigenvalue weighted by Gasteiger charge is -2.22. The summed E-state index contributed by atoms with van der Waals surface area (Å²) in [5, 5.41) is 14.6. The summed E-state index contributed by atoms with van der Waals surface area (Å²) >= 11 is 5.77. The number of carbonyl (C=O) groups excluding carboxylic acids is 1. The Morgan fingerprint density at radius 2 is 2.06 bits per heavy atom. The van der Waals surface area contributed by atoms with Crippen LogP contribution in [0.1, 0.15) is 38.3 Å². The highest BCUT2D eigenvalue weighted by Gasteiger charge is 2.34. The van der Waals surface area contributed by atoms with E-state index in [4.69, 9.17) is 21.4 Å². The van der Waals surface area contributed by atoms with Crippen molar-refractivity contribution in [3.05, 3.63) is 40.5 Å². The minimum absolute atomic E-state index is 0.0403. The van der Waals surface area contributed by atoms with E-state index in [1.165, 1.54) is 12.1 Å². The van der Waals surface area contributed by atoms with E-state index >= 15 is 0 Å². The molecule has 0 saturated carbocycles. The fraction of sp³-hybridized carbons (Fsp3) is 0.542. The quantitative estimate of drug-likeness (QED) is 0.440. The molecule has 1 saturated heterocycles. The second-order valence-electron chi connectivity index (χ2n) is 9.62. The number of aliphatic hydroxyl groups excluding tert-OH is 1. The number of hydrogen-bond donors (Lipinski definition) is 3. The van der Waals surface area contributed by atoms with Crippen LogP contribution >= 0.6 is 11.6 Å². The molecule has 1 aliphatic rings. The van der Waals surface area contributed by atoms with E-state index in [1.807, 2.05) is 4.90 Å². The second-order valence-corrected chi connectivity index (χ2v) is 10.0. The third kappa shape index (κ3) is 7.68. The Hall–Kier alpha value is -2.63. The molecule has 3 rings (SSSR count). The molecule has 1 fully saturated rings. The van der Waals surface area contributed by atoms with E-state index in [1.54, 1.807) is 27.0 Å². The molecule has 3 N–H and O–H groups in total. The first kappa shape index (κ1) is 27.9. The van der Waals surface area contributed by atoms with Gasteiger partial charge in [0.15, 0.2) is 5.82 Å². The molecule has 0 bridgehead atoms. The number of nitrogens with zero attached hydrogens (tertiary/aromatic N) is 3. The maximum Gasteiger partial charge on any atom is 0.417 e. The van der Waals surface area contributed by atoms with Crippen molar-refractivity contribution in [2.45, 2.75) is 45.5 Å². The fourth-order valence-corrected chi connectivity index (χ4v) is 4.08. The number of benzene rings is 1. The summed E-state index contributed by atoms with van der Waals surface area (Å²) in [7, 11) is 0. The molecule has 0 aliphatic carbocycles. The van der Waals surface area contributed by atoms with Gasteiger partial charge in [0.1, 0.15) is 11.4 Å². The van der Waals surface area contributed by atoms with Crippen molar-refractivity contribution in [1.82, 2.24) is 20.6 Å². The van der Waals surface area contributed by atoms with Crippen molar-refractivity contribution >= 4 is 23.5 Å². The Labute approximate surface area is 213 Å². The summed E-state index contributed by atoms with van der Waals surface area (Å²) in [6.07, 6.45) is -2.72. The van der Waals surface area contributed by atoms with Crippen molar-refractivity contribution in [2.75, 3.05) is 37.7 Å². The number of aromatic nitrogens is 2. The standard InChI is InChI=1S/C24H31ClF3N5O3/c1-23(2,3)36-22(35)31-11-15-6-8-33(14-15)21-17(12-29-7-9-34)13-30-20(32-21)16-4-5-19(25)18(10-16)24(26,27)28/h4-5,10,13,15,29,34H,6-9,11-12,14H2,1-3H3,(H,31,35). The number of alkyl halides is 3. The van der Waals surface area contributed by atoms with Gasteiger partial charge in [-0.3, -0.25) is 0 Å². The predicted octanol–water partition coefficient (Wildman–Crippen LogP) is 4.25. The molecule has 1 atom stereocenters. The van der Waals surface area contributed by atoms with Crippen molar-refractivity contribution in [3.8, 4) is 11.4 Å². The van der Waals surface area contributed by atoms with Gasteiger partial charge >= 0.3 is 12.3 Å². The maximum atomic E-state index is 13.4. The minimum Gasteiger partial charge on any atom is -0.444 e. The normalized spacial score (nSPS) is 16.3. The SMILES string of the molecule is CC(C)(C)OC(=O)NCC1CCN(c2nc(-c3ccc(Cl)c(C(F)(F)F)c3)ncc2CNCCO)C1. The van der Waals surface area contributed by atoms with Crippen molar-refractivity contribution in [1.29, 1.82) is 0 Å². The van der Waals surface area contributed by atoms with Gasteiger partial charge in [-0.25, -0.2) is 14.8 Å². The molecule has 12 heteroatoms. The number of aliphatic hydroxyl groups is 1. The average Bonchev–Trinajstić information content (AvgIpc) is 3.25. The van der Waals surface area contributed by atoms with Crippen LogP contribution in [0.3, 0.4) is 0 Å². The van der Waals surface area contributed by atoms with Gasteiger partial charge in [0.25, 0.3) is 0 Å². The molecule has 1 aromatic carbocycles. The van der Waals surface area contributed by atoms with E-state index in [-0.39, 0.29) is 23.9 Å². The van der Waals surface area contributed by atoms with Crippen LogP contribution in [0.2, 0.25) is 5.02 Å². The van der Waals surface area contributed by atoms with E-state index in [9.17, 15) is 18.0 Å². The number of ether oxygens (including phenoxy) is 1. The monoisotopic (exact) mass is 529 g/mol. The summed E-state index contributed by atoms with van der Waals surface area (Å²) in [6.45, 7) is 7.75. The van der Waals surface area contributed by atoms with Crippen LogP contribution in [-0.2, 0) is 17.5 Å². The lowest BCUT2D eigenvalue weighted by Crippen LogP contribution is -2.36. The molecule has 1 aromatic heterocycles. The van der Waals surface area contributed by atoms with Crippen LogP contribution in [-0.4, -0.2) is 59.6 Å². The number of amides is 1. The Morgan fingerprint density at radius 3 is 2.72 bits per heavy atom. The van der Waals surface area contributed by atoms with E-state index in [0.717, 1.165) is 18.1 Å². The van der Waals surface area contributed by atoms with E-state index in [0.29, 0.717) is 38.5 Å². The number of hydrogen-bond acceptors (Lipinski definition) is 7. The Balaban J connectivity index is 1.81. The highest BCUT2D eigenvalue weighted by atomic mass is 35.5. The lowest BCUT2D eigenvalue weighted by molar-refractivity contribution is -0.137. The number of alkyl carbamates (subject to hydrolysis) is 1. The number of halogens is 4. The Bertz CT molecular complexity index is 1060. The first-order valence-corrected chi connectivity index (χ1v) is 12.0. The van der Waals surface area contributed by atoms with Crippen LogP contribution in [0.4, 0.5) is 23.8 Å². The third-order valence-corrected chi connectivity index (χ3v) is 5.82. The molecule has 198 valence electrons. The van der Waals surface area contributed by atoms with E-state index in [2.05, 4.69) is 20.6 Å². The zero-order chi connectivity index (χ0) is 26.5. The molecular weight excluding hydrogens is 499 g/mol. The highest BCUT2D eigenvalue weighted by Crippen LogP contribution is 2.37. The topological polar surface area (TPSA) is 99.6 Å². The molecule has 1 aliphatic heterocycles. The smallest absolute Gasteiger partial charge is 0.417 e. The summed E-state index contributed by atoms with van der Waals surface area (Å²) in [5.74, 6) is 0.878. The zero-order valence-corrected chi connectivity index (χ0v) is 21.2. The molecule has 8 nitrogen and oxygen atoms in total. The van der Waals surface area contributed by atoms with Gasteiger partial charge in [-0.05, 0) is 51.3 Å². The molecule has 2 heterocycles. The van der Waals surface area contributed by atoms with E-state index < -0.39 is 28.5 Å². The fourth-order valence-electron chi connectivity index (χ4n) is 3.85. The van der Waals surface area contributed by atoms with Gasteiger partial charge in [-0.1, -0.05) is 11.6 Å². The van der Waals surface area contributed by atoms with Crippen LogP contribution in [0.15, 0.2) is 24.4 Å². The van der Waals surface area contributed by atoms with Crippen molar-refractivity contribution in [2.24, 2.45) is 5.92 Å². The molecule has 2 aromatic rings. The molecule has 1 unspecified atom stereocenters. The summed E-state index contributed by atoms with van der Waals surface area (Å²) in [5.41, 5.74) is -0.592. The van der Waals surface area contributed by atoms with Gasteiger partial charge < -0.3 is 25.4 Å². The lowest BCUT2D eigenvalue weighted by atomic mass is 10.1. The minimum atomic E-state index is -4.60. The van der Waals surface area contributed by atoms with Gasteiger partial charge in [0.05, 0.1) is 17.2 Å². The Morgan fingerprint density at radius 1 is 1.31 bits per heavy atom. The number of carbonyl (C=O) groups is 1. The second kappa shape index (κ2) is 11.6. The number of rotatable bonds is 8. The maximum absolute atomic E-state index is 13.4. The molecule has 36 heavy (non-hydrogen) atoms. The van der Waals surface area contributed by atoms with Crippen LogP contribution in [0.5, 0.6) is 0 Å². The summed E-state index contributed by atoms with van der Waals surface area (Å²) in [4.78, 5) is 23.0. The largest absolute Gasteiger partial charge is 0.444 e. The zero-order valence-electron chi connectivity index (χ0n) is 20.5. The number of nitrogens with one attached hydrogen (secondary N) is 2. The van der Waals surface area contributed by atoms with Gasteiger partial charge in [0.2, 0.25) is 0 Å². The molecule has 0 radical (unpaired) electrons. The third-order valence-electron chi connectivity index (χ3n) is 5.50. The Kier molecular flexibility index (Phi) is 9.02. The van der Waals surface area contributed by atoms with Crippen LogP contribution in [0, 0.1) is 5.92 Å². The summed E-state index contributed by atoms with van der Waals surface area (Å²) < 4.78 is 45.4. The van der Waals surface area contributed by atoms with Gasteiger partial charge in [-0.2, -0.15) is 13.2 Å². The molecule has 0 spiro atoms. The molecular formula is C24H31ClF3N5O3. The number of anilines is 1. The molecule has 1 amide bonds. The first-order valence-electron chi connectivity index (χ1n) is 11.6. The first-order chi connectivity index (χ1) is 16.9. The van der Waals surface area contributed by atoms with Crippen molar-refractivity contribution < 1.29 is 27.8 Å². The van der Waals surface area contributed by atoms with Gasteiger partial charge in [0, 0.05) is 50.0 Å². The summed E-state index contributed by atoms with van der Waals surface area (Å²) in [6, 6.07) is 3.59. The highest BCUT2D eigenvalue weighted by molar-refractivity contribution is 6.31.